The van der Waals surface area contributed by atoms with Crippen LogP contribution in [0.5, 0.6) is 11.5 Å². The van der Waals surface area contributed by atoms with Gasteiger partial charge in [0.15, 0.2) is 0 Å². The number of piperazine rings is 1. The molecule has 2 heterocycles. The van der Waals surface area contributed by atoms with Crippen molar-refractivity contribution in [3.05, 3.63) is 95.6 Å². The Morgan fingerprint density at radius 1 is 0.865 bits per heavy atom. The van der Waals surface area contributed by atoms with Crippen molar-refractivity contribution in [2.24, 2.45) is 5.10 Å². The fourth-order valence-electron chi connectivity index (χ4n) is 5.11. The van der Waals surface area contributed by atoms with Gasteiger partial charge in [0.25, 0.3) is 5.91 Å². The van der Waals surface area contributed by atoms with E-state index in [0.29, 0.717) is 13.0 Å². The zero-order valence-corrected chi connectivity index (χ0v) is 21.5. The predicted molar refractivity (Wildman–Crippen MR) is 145 cm³/mol. The molecule has 1 atom stereocenters. The molecule has 1 amide bonds. The molecule has 0 radical (unpaired) electrons. The van der Waals surface area contributed by atoms with Crippen LogP contribution in [-0.4, -0.2) is 73.4 Å². The Hall–Kier alpha value is -3.68. The minimum atomic E-state index is -0.218. The molecule has 2 aliphatic heterocycles. The number of carbonyl (C=O) groups is 1. The molecule has 3 aromatic rings. The highest BCUT2D eigenvalue weighted by Gasteiger charge is 2.35. The number of carbonyl (C=O) groups excluding carboxylic acids is 1. The predicted octanol–water partition coefficient (Wildman–Crippen LogP) is 4.20. The first-order chi connectivity index (χ1) is 18.1. The molecule has 37 heavy (non-hydrogen) atoms. The summed E-state index contributed by atoms with van der Waals surface area (Å²) in [7, 11) is 3.32. The highest BCUT2D eigenvalue weighted by molar-refractivity contribution is 6.03. The van der Waals surface area contributed by atoms with E-state index in [1.807, 2.05) is 54.6 Å². The molecule has 192 valence electrons. The smallest absolute Gasteiger partial charge is 0.257 e. The maximum atomic E-state index is 13.7. The average molecular weight is 499 g/mol. The molecule has 0 aliphatic carbocycles. The third-order valence-corrected chi connectivity index (χ3v) is 7.14. The number of benzene rings is 3. The second-order valence-corrected chi connectivity index (χ2v) is 9.52. The van der Waals surface area contributed by atoms with Crippen LogP contribution in [-0.2, 0) is 11.3 Å². The largest absolute Gasteiger partial charge is 0.497 e. The van der Waals surface area contributed by atoms with Gasteiger partial charge in [-0.05, 0) is 23.8 Å². The fourth-order valence-corrected chi connectivity index (χ4v) is 5.11. The first-order valence-corrected chi connectivity index (χ1v) is 12.8. The molecule has 5 rings (SSSR count). The molecule has 0 aromatic heterocycles. The molecule has 0 N–H and O–H groups in total. The Bertz CT molecular complexity index is 1240. The molecule has 0 bridgehead atoms. The SMILES string of the molecule is COc1cccc(C2=NN(C(=O)CN3CCN(Cc4ccccc4)CC3)C(c3ccccc3OC)C2)c1. The second-order valence-electron chi connectivity index (χ2n) is 9.52. The van der Waals surface area contributed by atoms with Crippen molar-refractivity contribution < 1.29 is 14.3 Å². The summed E-state index contributed by atoms with van der Waals surface area (Å²) in [4.78, 5) is 18.4. The number of hydrogen-bond donors (Lipinski definition) is 0. The van der Waals surface area contributed by atoms with E-state index in [-0.39, 0.29) is 11.9 Å². The standard InChI is InChI=1S/C30H34N4O3/c1-36-25-12-8-11-24(19-25)27-20-28(26-13-6-7-14-29(26)37-2)34(31-27)30(35)22-33-17-15-32(16-18-33)21-23-9-4-3-5-10-23/h3-14,19,28H,15-18,20-22H2,1-2H3. The Labute approximate surface area is 218 Å². The monoisotopic (exact) mass is 498 g/mol. The summed E-state index contributed by atoms with van der Waals surface area (Å²) >= 11 is 0. The van der Waals surface area contributed by atoms with E-state index < -0.39 is 0 Å². The summed E-state index contributed by atoms with van der Waals surface area (Å²) in [6.45, 7) is 4.89. The zero-order valence-electron chi connectivity index (χ0n) is 21.5. The molecule has 0 spiro atoms. The van der Waals surface area contributed by atoms with E-state index in [1.54, 1.807) is 19.2 Å². The first-order valence-electron chi connectivity index (χ1n) is 12.8. The van der Waals surface area contributed by atoms with Gasteiger partial charge in [-0.2, -0.15) is 5.10 Å². The van der Waals surface area contributed by atoms with Gasteiger partial charge < -0.3 is 9.47 Å². The lowest BCUT2D eigenvalue weighted by Crippen LogP contribution is -2.49. The third kappa shape index (κ3) is 5.84. The molecule has 7 heteroatoms. The molecule has 1 unspecified atom stereocenters. The van der Waals surface area contributed by atoms with Gasteiger partial charge in [-0.1, -0.05) is 60.7 Å². The van der Waals surface area contributed by atoms with Crippen LogP contribution in [0.3, 0.4) is 0 Å². The van der Waals surface area contributed by atoms with Crippen molar-refractivity contribution in [1.29, 1.82) is 0 Å². The van der Waals surface area contributed by atoms with Crippen LogP contribution in [0.15, 0.2) is 84.0 Å². The summed E-state index contributed by atoms with van der Waals surface area (Å²) in [5.41, 5.74) is 4.12. The number of amides is 1. The van der Waals surface area contributed by atoms with Gasteiger partial charge >= 0.3 is 0 Å². The van der Waals surface area contributed by atoms with E-state index in [2.05, 4.69) is 34.1 Å². The number of nitrogens with zero attached hydrogens (tertiary/aromatic N) is 4. The molecule has 7 nitrogen and oxygen atoms in total. The van der Waals surface area contributed by atoms with Crippen molar-refractivity contribution in [1.82, 2.24) is 14.8 Å². The number of rotatable bonds is 8. The Morgan fingerprint density at radius 3 is 2.35 bits per heavy atom. The summed E-state index contributed by atoms with van der Waals surface area (Å²) in [6.07, 6.45) is 0.615. The van der Waals surface area contributed by atoms with Crippen LogP contribution in [0.1, 0.15) is 29.2 Å². The third-order valence-electron chi connectivity index (χ3n) is 7.14. The minimum absolute atomic E-state index is 0.00492. The number of para-hydroxylation sites is 1. The average Bonchev–Trinajstić information content (AvgIpc) is 3.40. The lowest BCUT2D eigenvalue weighted by Gasteiger charge is -2.35. The van der Waals surface area contributed by atoms with Gasteiger partial charge in [-0.25, -0.2) is 5.01 Å². The Kier molecular flexibility index (Phi) is 7.82. The van der Waals surface area contributed by atoms with Gasteiger partial charge in [-0.3, -0.25) is 14.6 Å². The van der Waals surface area contributed by atoms with Crippen molar-refractivity contribution >= 4 is 11.6 Å². The summed E-state index contributed by atoms with van der Waals surface area (Å²) in [6, 6.07) is 26.1. The fraction of sp³-hybridized carbons (Fsp3) is 0.333. The summed E-state index contributed by atoms with van der Waals surface area (Å²) in [5.74, 6) is 1.54. The summed E-state index contributed by atoms with van der Waals surface area (Å²) < 4.78 is 11.1. The van der Waals surface area contributed by atoms with Gasteiger partial charge in [0, 0.05) is 50.3 Å². The number of hydrazone groups is 1. The zero-order chi connectivity index (χ0) is 25.6. The topological polar surface area (TPSA) is 57.6 Å². The van der Waals surface area contributed by atoms with E-state index in [0.717, 1.165) is 61.1 Å². The van der Waals surface area contributed by atoms with Crippen LogP contribution in [0.25, 0.3) is 0 Å². The van der Waals surface area contributed by atoms with Crippen LogP contribution < -0.4 is 9.47 Å². The van der Waals surface area contributed by atoms with E-state index in [9.17, 15) is 4.79 Å². The quantitative estimate of drug-likeness (QED) is 0.466. The maximum absolute atomic E-state index is 13.7. The van der Waals surface area contributed by atoms with Crippen LogP contribution >= 0.6 is 0 Å². The normalized spacial score (nSPS) is 18.5. The first kappa shape index (κ1) is 25.0. The van der Waals surface area contributed by atoms with E-state index in [4.69, 9.17) is 14.6 Å². The van der Waals surface area contributed by atoms with Crippen LogP contribution in [0.4, 0.5) is 0 Å². The molecular formula is C30H34N4O3. The molecular weight excluding hydrogens is 464 g/mol. The van der Waals surface area contributed by atoms with Gasteiger partial charge in [-0.15, -0.1) is 0 Å². The highest BCUT2D eigenvalue weighted by Crippen LogP contribution is 2.37. The van der Waals surface area contributed by atoms with Gasteiger partial charge in [0.05, 0.1) is 32.5 Å². The van der Waals surface area contributed by atoms with Crippen LogP contribution in [0.2, 0.25) is 0 Å². The highest BCUT2D eigenvalue weighted by atomic mass is 16.5. The Morgan fingerprint density at radius 2 is 1.59 bits per heavy atom. The Balaban J connectivity index is 1.30. The molecule has 2 aliphatic rings. The van der Waals surface area contributed by atoms with Crippen molar-refractivity contribution in [3.63, 3.8) is 0 Å². The number of hydrogen-bond acceptors (Lipinski definition) is 6. The van der Waals surface area contributed by atoms with Crippen molar-refractivity contribution in [2.75, 3.05) is 46.9 Å². The second kappa shape index (κ2) is 11.6. The van der Waals surface area contributed by atoms with E-state index >= 15 is 0 Å². The number of methoxy groups -OCH3 is 2. The molecule has 1 fully saturated rings. The minimum Gasteiger partial charge on any atom is -0.497 e. The van der Waals surface area contributed by atoms with Crippen molar-refractivity contribution in [3.8, 4) is 11.5 Å². The molecule has 0 saturated carbocycles. The molecule has 1 saturated heterocycles. The van der Waals surface area contributed by atoms with Gasteiger partial charge in [0.2, 0.25) is 0 Å². The van der Waals surface area contributed by atoms with Crippen molar-refractivity contribution in [2.45, 2.75) is 19.0 Å². The summed E-state index contributed by atoms with van der Waals surface area (Å²) in [5, 5.41) is 6.53. The molecule has 3 aromatic carbocycles. The van der Waals surface area contributed by atoms with E-state index in [1.165, 1.54) is 5.56 Å². The van der Waals surface area contributed by atoms with Gasteiger partial charge in [0.1, 0.15) is 11.5 Å². The number of ether oxygens (including phenoxy) is 2. The lowest BCUT2D eigenvalue weighted by molar-refractivity contribution is -0.134. The maximum Gasteiger partial charge on any atom is 0.257 e. The van der Waals surface area contributed by atoms with Crippen LogP contribution in [0, 0.1) is 0 Å². The lowest BCUT2D eigenvalue weighted by atomic mass is 9.97.